The average Bonchev–Trinajstić information content (AvgIpc) is 2.94. The van der Waals surface area contributed by atoms with Gasteiger partial charge < -0.3 is 0 Å². The van der Waals surface area contributed by atoms with Crippen molar-refractivity contribution in [2.75, 3.05) is 11.6 Å². The zero-order valence-corrected chi connectivity index (χ0v) is 12.7. The Morgan fingerprint density at radius 1 is 1.04 bits per heavy atom. The summed E-state index contributed by atoms with van der Waals surface area (Å²) in [6.07, 6.45) is 0. The zero-order valence-electron chi connectivity index (χ0n) is 12.7. The van der Waals surface area contributed by atoms with E-state index in [1.165, 1.54) is 0 Å². The van der Waals surface area contributed by atoms with Crippen molar-refractivity contribution in [1.29, 1.82) is 5.26 Å². The van der Waals surface area contributed by atoms with Crippen molar-refractivity contribution in [3.63, 3.8) is 0 Å². The smallest absolute Gasteiger partial charge is 0.277 e. The van der Waals surface area contributed by atoms with E-state index in [2.05, 4.69) is 13.0 Å². The van der Waals surface area contributed by atoms with E-state index in [9.17, 15) is 10.1 Å². The van der Waals surface area contributed by atoms with Crippen LogP contribution in [0.5, 0.6) is 0 Å². The molecule has 3 aromatic rings. The van der Waals surface area contributed by atoms with Gasteiger partial charge in [0.15, 0.2) is 0 Å². The second kappa shape index (κ2) is 4.99. The van der Waals surface area contributed by atoms with Crippen LogP contribution in [0.25, 0.3) is 10.8 Å². The summed E-state index contributed by atoms with van der Waals surface area (Å²) in [5.74, 6) is 0.113. The van der Waals surface area contributed by atoms with Gasteiger partial charge in [-0.2, -0.15) is 5.26 Å². The standard InChI is InChI=1S/C19H15N3O/c1-13-12-21(14-7-3-2-4-8-14)22-18(13)17(11-20)15-9-5-6-10-16(15)19(22)23/h2-10,13H,12H2,1H3. The van der Waals surface area contributed by atoms with Gasteiger partial charge in [-0.1, -0.05) is 43.3 Å². The second-order valence-corrected chi connectivity index (χ2v) is 5.85. The van der Waals surface area contributed by atoms with Crippen molar-refractivity contribution in [2.45, 2.75) is 12.8 Å². The Morgan fingerprint density at radius 3 is 2.39 bits per heavy atom. The first-order valence-corrected chi connectivity index (χ1v) is 7.63. The van der Waals surface area contributed by atoms with Crippen molar-refractivity contribution in [2.24, 2.45) is 0 Å². The number of nitrogens with zero attached hydrogens (tertiary/aromatic N) is 3. The molecule has 0 fully saturated rings. The van der Waals surface area contributed by atoms with Crippen molar-refractivity contribution in [1.82, 2.24) is 4.68 Å². The van der Waals surface area contributed by atoms with E-state index in [0.29, 0.717) is 17.5 Å². The molecule has 0 saturated carbocycles. The van der Waals surface area contributed by atoms with E-state index in [0.717, 1.165) is 16.8 Å². The topological polar surface area (TPSA) is 49.0 Å². The van der Waals surface area contributed by atoms with Crippen LogP contribution in [0.15, 0.2) is 59.4 Å². The van der Waals surface area contributed by atoms with Crippen LogP contribution in [0.1, 0.15) is 24.1 Å². The molecule has 1 aromatic heterocycles. The van der Waals surface area contributed by atoms with Gasteiger partial charge in [0, 0.05) is 17.8 Å². The van der Waals surface area contributed by atoms with E-state index in [-0.39, 0.29) is 11.5 Å². The molecule has 0 bridgehead atoms. The van der Waals surface area contributed by atoms with Crippen LogP contribution < -0.4 is 10.6 Å². The number of fused-ring (bicyclic) bond motifs is 2. The maximum Gasteiger partial charge on any atom is 0.277 e. The van der Waals surface area contributed by atoms with Gasteiger partial charge in [-0.3, -0.25) is 9.80 Å². The third-order valence-electron chi connectivity index (χ3n) is 4.42. The number of benzene rings is 2. The molecule has 0 spiro atoms. The average molecular weight is 301 g/mol. The lowest BCUT2D eigenvalue weighted by Gasteiger charge is -2.22. The molecule has 112 valence electrons. The second-order valence-electron chi connectivity index (χ2n) is 5.85. The minimum atomic E-state index is -0.0668. The van der Waals surface area contributed by atoms with Crippen LogP contribution >= 0.6 is 0 Å². The third kappa shape index (κ3) is 1.87. The fraction of sp³-hybridized carbons (Fsp3) is 0.158. The SMILES string of the molecule is CC1CN(c2ccccc2)n2c1c(C#N)c1ccccc1c2=O. The lowest BCUT2D eigenvalue weighted by atomic mass is 9.99. The van der Waals surface area contributed by atoms with Crippen molar-refractivity contribution in [3.05, 3.63) is 76.2 Å². The van der Waals surface area contributed by atoms with Crippen LogP contribution in [0.4, 0.5) is 5.69 Å². The zero-order chi connectivity index (χ0) is 16.0. The molecule has 1 atom stereocenters. The number of rotatable bonds is 1. The number of anilines is 1. The lowest BCUT2D eigenvalue weighted by Crippen LogP contribution is -2.35. The summed E-state index contributed by atoms with van der Waals surface area (Å²) in [5, 5.41) is 13.0. The first-order chi connectivity index (χ1) is 11.2. The highest BCUT2D eigenvalue weighted by atomic mass is 16.1. The summed E-state index contributed by atoms with van der Waals surface area (Å²) in [7, 11) is 0. The molecule has 23 heavy (non-hydrogen) atoms. The predicted molar refractivity (Wildman–Crippen MR) is 90.5 cm³/mol. The maximum absolute atomic E-state index is 13.0. The Morgan fingerprint density at radius 2 is 1.70 bits per heavy atom. The number of hydrogen-bond donors (Lipinski definition) is 0. The van der Waals surface area contributed by atoms with Crippen LogP contribution in [0, 0.1) is 11.3 Å². The predicted octanol–water partition coefficient (Wildman–Crippen LogP) is 3.26. The highest BCUT2D eigenvalue weighted by Gasteiger charge is 2.32. The maximum atomic E-state index is 13.0. The molecule has 2 aromatic carbocycles. The number of aromatic nitrogens is 1. The summed E-state index contributed by atoms with van der Waals surface area (Å²) in [6.45, 7) is 2.74. The summed E-state index contributed by atoms with van der Waals surface area (Å²) >= 11 is 0. The highest BCUT2D eigenvalue weighted by molar-refractivity contribution is 5.88. The molecule has 0 aliphatic carbocycles. The molecule has 1 aliphatic heterocycles. The Kier molecular flexibility index (Phi) is 2.95. The first kappa shape index (κ1) is 13.6. The normalized spacial score (nSPS) is 16.3. The van der Waals surface area contributed by atoms with Crippen LogP contribution in [0.2, 0.25) is 0 Å². The summed E-state index contributed by atoms with van der Waals surface area (Å²) in [4.78, 5) is 13.0. The summed E-state index contributed by atoms with van der Waals surface area (Å²) < 4.78 is 1.68. The molecule has 0 radical (unpaired) electrons. The molecule has 0 amide bonds. The van der Waals surface area contributed by atoms with Crippen LogP contribution in [-0.2, 0) is 0 Å². The third-order valence-corrected chi connectivity index (χ3v) is 4.42. The lowest BCUT2D eigenvalue weighted by molar-refractivity contribution is 0.740. The minimum absolute atomic E-state index is 0.0668. The minimum Gasteiger partial charge on any atom is -0.278 e. The molecule has 0 N–H and O–H groups in total. The molecular formula is C19H15N3O. The van der Waals surface area contributed by atoms with Crippen molar-refractivity contribution in [3.8, 4) is 6.07 Å². The van der Waals surface area contributed by atoms with E-state index in [4.69, 9.17) is 0 Å². The van der Waals surface area contributed by atoms with Crippen molar-refractivity contribution >= 4 is 16.5 Å². The summed E-state index contributed by atoms with van der Waals surface area (Å²) in [5.41, 5.74) is 2.30. The van der Waals surface area contributed by atoms with Gasteiger partial charge in [-0.15, -0.1) is 0 Å². The Hall–Kier alpha value is -3.06. The number of pyridine rings is 1. The number of para-hydroxylation sites is 1. The molecule has 4 rings (SSSR count). The van der Waals surface area contributed by atoms with Gasteiger partial charge in [0.1, 0.15) is 6.07 Å². The van der Waals surface area contributed by atoms with Crippen LogP contribution in [-0.4, -0.2) is 11.2 Å². The van der Waals surface area contributed by atoms with Gasteiger partial charge >= 0.3 is 0 Å². The fourth-order valence-electron chi connectivity index (χ4n) is 3.42. The number of nitriles is 1. The van der Waals surface area contributed by atoms with Gasteiger partial charge in [-0.05, 0) is 18.2 Å². The van der Waals surface area contributed by atoms with E-state index >= 15 is 0 Å². The molecule has 0 saturated heterocycles. The molecule has 2 heterocycles. The highest BCUT2D eigenvalue weighted by Crippen LogP contribution is 2.33. The summed E-state index contributed by atoms with van der Waals surface area (Å²) in [6, 6.07) is 19.5. The Labute approximate surface area is 133 Å². The fourth-order valence-corrected chi connectivity index (χ4v) is 3.42. The Balaban J connectivity index is 2.10. The van der Waals surface area contributed by atoms with Gasteiger partial charge in [0.05, 0.1) is 22.3 Å². The molecule has 1 unspecified atom stereocenters. The first-order valence-electron chi connectivity index (χ1n) is 7.63. The van der Waals surface area contributed by atoms with E-state index in [1.807, 2.05) is 53.5 Å². The monoisotopic (exact) mass is 301 g/mol. The molecule has 1 aliphatic rings. The molecule has 4 heteroatoms. The molecule has 4 nitrogen and oxygen atoms in total. The quantitative estimate of drug-likeness (QED) is 0.693. The number of hydrogen-bond acceptors (Lipinski definition) is 3. The van der Waals surface area contributed by atoms with E-state index in [1.54, 1.807) is 10.7 Å². The largest absolute Gasteiger partial charge is 0.278 e. The molecular weight excluding hydrogens is 286 g/mol. The van der Waals surface area contributed by atoms with Gasteiger partial charge in [0.2, 0.25) is 0 Å². The van der Waals surface area contributed by atoms with Crippen molar-refractivity contribution < 1.29 is 0 Å². The van der Waals surface area contributed by atoms with Gasteiger partial charge in [0.25, 0.3) is 5.56 Å². The van der Waals surface area contributed by atoms with Gasteiger partial charge in [-0.25, -0.2) is 4.68 Å². The van der Waals surface area contributed by atoms with Crippen LogP contribution in [0.3, 0.4) is 0 Å². The Bertz CT molecular complexity index is 999. The van der Waals surface area contributed by atoms with E-state index < -0.39 is 0 Å².